The van der Waals surface area contributed by atoms with Gasteiger partial charge in [0, 0.05) is 31.1 Å². The van der Waals surface area contributed by atoms with Gasteiger partial charge in [0.1, 0.15) is 17.3 Å². The van der Waals surface area contributed by atoms with Crippen molar-refractivity contribution in [3.63, 3.8) is 0 Å². The molecule has 1 aliphatic heterocycles. The minimum atomic E-state index is 0.203. The van der Waals surface area contributed by atoms with E-state index in [0.29, 0.717) is 24.1 Å². The van der Waals surface area contributed by atoms with Gasteiger partial charge in [-0.05, 0) is 25.3 Å². The summed E-state index contributed by atoms with van der Waals surface area (Å²) < 4.78 is 10.8. The Hall–Kier alpha value is -2.84. The molecule has 8 heteroatoms. The Balaban J connectivity index is 1.60. The van der Waals surface area contributed by atoms with Crippen molar-refractivity contribution in [3.05, 3.63) is 53.3 Å². The molecule has 1 atom stereocenters. The van der Waals surface area contributed by atoms with E-state index < -0.39 is 0 Å². The maximum absolute atomic E-state index is 5.48. The Morgan fingerprint density at radius 2 is 2.07 bits per heavy atom. The van der Waals surface area contributed by atoms with Gasteiger partial charge in [0.2, 0.25) is 5.89 Å². The molecule has 1 unspecified atom stereocenters. The Labute approximate surface area is 178 Å². The maximum atomic E-state index is 5.48. The van der Waals surface area contributed by atoms with Crippen molar-refractivity contribution in [1.29, 1.82) is 0 Å². The fraction of sp³-hybridized carbons (Fsp3) is 0.364. The predicted octanol–water partition coefficient (Wildman–Crippen LogP) is 4.58. The van der Waals surface area contributed by atoms with E-state index in [-0.39, 0.29) is 5.92 Å². The summed E-state index contributed by atoms with van der Waals surface area (Å²) in [6, 6.07) is 10.4. The lowest BCUT2D eigenvalue weighted by atomic mass is 9.97. The Kier molecular flexibility index (Phi) is 5.18. The van der Waals surface area contributed by atoms with Gasteiger partial charge in [-0.15, -0.1) is 11.3 Å². The van der Waals surface area contributed by atoms with E-state index in [1.807, 2.05) is 13.0 Å². The molecule has 0 saturated carbocycles. The largest absolute Gasteiger partial charge is 0.377 e. The third kappa shape index (κ3) is 3.57. The molecule has 154 valence electrons. The zero-order valence-electron chi connectivity index (χ0n) is 17.0. The Bertz CT molecular complexity index is 1160. The highest BCUT2D eigenvalue weighted by atomic mass is 32.1. The number of benzene rings is 1. The van der Waals surface area contributed by atoms with E-state index in [4.69, 9.17) is 19.2 Å². The van der Waals surface area contributed by atoms with Crippen molar-refractivity contribution < 1.29 is 9.26 Å². The molecule has 4 heterocycles. The molecule has 0 radical (unpaired) electrons. The van der Waals surface area contributed by atoms with Gasteiger partial charge in [0.15, 0.2) is 11.6 Å². The number of aromatic nitrogens is 4. The first-order chi connectivity index (χ1) is 14.7. The number of aryl methyl sites for hydroxylation is 1. The van der Waals surface area contributed by atoms with Crippen molar-refractivity contribution in [3.8, 4) is 11.1 Å². The first-order valence-electron chi connectivity index (χ1n) is 10.1. The van der Waals surface area contributed by atoms with Gasteiger partial charge in [0.25, 0.3) is 0 Å². The van der Waals surface area contributed by atoms with Crippen LogP contribution in [-0.2, 0) is 11.3 Å². The van der Waals surface area contributed by atoms with E-state index in [1.54, 1.807) is 18.4 Å². The van der Waals surface area contributed by atoms with E-state index in [2.05, 4.69) is 44.7 Å². The molecule has 0 bridgehead atoms. The quantitative estimate of drug-likeness (QED) is 0.467. The molecule has 7 nitrogen and oxygen atoms in total. The molecule has 3 aromatic heterocycles. The van der Waals surface area contributed by atoms with Gasteiger partial charge in [-0.2, -0.15) is 4.98 Å². The lowest BCUT2D eigenvalue weighted by molar-refractivity contribution is 0.178. The van der Waals surface area contributed by atoms with Crippen molar-refractivity contribution in [2.24, 2.45) is 0 Å². The van der Waals surface area contributed by atoms with Crippen LogP contribution in [0.4, 0.5) is 5.82 Å². The third-order valence-corrected chi connectivity index (χ3v) is 6.30. The van der Waals surface area contributed by atoms with Gasteiger partial charge in [-0.3, -0.25) is 0 Å². The number of ether oxygens (including phenoxy) is 1. The maximum Gasteiger partial charge on any atom is 0.231 e. The molecule has 0 amide bonds. The summed E-state index contributed by atoms with van der Waals surface area (Å²) in [5.41, 5.74) is 2.35. The number of methoxy groups -OCH3 is 1. The van der Waals surface area contributed by atoms with Crippen LogP contribution in [0.1, 0.15) is 36.3 Å². The van der Waals surface area contributed by atoms with Gasteiger partial charge in [-0.25, -0.2) is 9.97 Å². The summed E-state index contributed by atoms with van der Waals surface area (Å²) in [6.07, 6.45) is 2.08. The normalized spacial score (nSPS) is 17.0. The second-order valence-corrected chi connectivity index (χ2v) is 8.42. The van der Waals surface area contributed by atoms with Gasteiger partial charge in [0.05, 0.1) is 11.3 Å². The van der Waals surface area contributed by atoms with Gasteiger partial charge in [-0.1, -0.05) is 35.5 Å². The number of piperidine rings is 1. The van der Waals surface area contributed by atoms with Crippen LogP contribution in [-0.4, -0.2) is 40.3 Å². The number of hydrogen-bond donors (Lipinski definition) is 0. The highest BCUT2D eigenvalue weighted by Gasteiger charge is 2.29. The van der Waals surface area contributed by atoms with Crippen LogP contribution >= 0.6 is 11.3 Å². The van der Waals surface area contributed by atoms with E-state index in [9.17, 15) is 0 Å². The summed E-state index contributed by atoms with van der Waals surface area (Å²) in [6.45, 7) is 3.98. The predicted molar refractivity (Wildman–Crippen MR) is 117 cm³/mol. The number of nitrogens with zero attached hydrogens (tertiary/aromatic N) is 5. The van der Waals surface area contributed by atoms with Crippen molar-refractivity contribution in [2.45, 2.75) is 32.3 Å². The van der Waals surface area contributed by atoms with Crippen LogP contribution < -0.4 is 4.90 Å². The van der Waals surface area contributed by atoms with Crippen LogP contribution in [0.5, 0.6) is 0 Å². The summed E-state index contributed by atoms with van der Waals surface area (Å²) >= 11 is 1.65. The van der Waals surface area contributed by atoms with Gasteiger partial charge >= 0.3 is 0 Å². The van der Waals surface area contributed by atoms with Crippen molar-refractivity contribution in [2.75, 3.05) is 25.1 Å². The molecule has 1 aliphatic rings. The number of rotatable bonds is 5. The highest BCUT2D eigenvalue weighted by molar-refractivity contribution is 7.17. The molecule has 5 rings (SSSR count). The first-order valence-corrected chi connectivity index (χ1v) is 11.0. The van der Waals surface area contributed by atoms with Crippen LogP contribution in [0, 0.1) is 6.92 Å². The standard InChI is InChI=1S/C22H23N5O2S/c1-14-23-21(29-26-14)16-9-6-10-27(11-16)20-19-17(15-7-4-3-5-8-15)13-30-22(19)25-18(24-20)12-28-2/h3-5,7-8,13,16H,6,9-12H2,1-2H3. The smallest absolute Gasteiger partial charge is 0.231 e. The monoisotopic (exact) mass is 421 g/mol. The van der Waals surface area contributed by atoms with E-state index in [0.717, 1.165) is 42.0 Å². The average molecular weight is 422 g/mol. The van der Waals surface area contributed by atoms with E-state index in [1.165, 1.54) is 11.1 Å². The van der Waals surface area contributed by atoms with E-state index >= 15 is 0 Å². The molecule has 4 aromatic rings. The topological polar surface area (TPSA) is 77.2 Å². The fourth-order valence-corrected chi connectivity index (χ4v) is 5.03. The fourth-order valence-electron chi connectivity index (χ4n) is 4.07. The molecule has 0 spiro atoms. The average Bonchev–Trinajstić information content (AvgIpc) is 3.40. The number of anilines is 1. The second kappa shape index (κ2) is 8.12. The Morgan fingerprint density at radius 3 is 2.83 bits per heavy atom. The first kappa shape index (κ1) is 19.1. The van der Waals surface area contributed by atoms with Crippen LogP contribution in [0.15, 0.2) is 40.2 Å². The van der Waals surface area contributed by atoms with Crippen molar-refractivity contribution >= 4 is 27.4 Å². The Morgan fingerprint density at radius 1 is 1.20 bits per heavy atom. The minimum Gasteiger partial charge on any atom is -0.377 e. The lowest BCUT2D eigenvalue weighted by Crippen LogP contribution is -2.35. The SMILES string of the molecule is COCc1nc(N2CCCC(c3nc(C)no3)C2)c2c(-c3ccccc3)csc2n1. The minimum absolute atomic E-state index is 0.203. The van der Waals surface area contributed by atoms with Crippen LogP contribution in [0.25, 0.3) is 21.3 Å². The third-order valence-electron chi connectivity index (χ3n) is 5.43. The highest BCUT2D eigenvalue weighted by Crippen LogP contribution is 2.40. The lowest BCUT2D eigenvalue weighted by Gasteiger charge is -2.32. The second-order valence-electron chi connectivity index (χ2n) is 7.56. The van der Waals surface area contributed by atoms with Crippen LogP contribution in [0.2, 0.25) is 0 Å². The van der Waals surface area contributed by atoms with Gasteiger partial charge < -0.3 is 14.2 Å². The molecule has 0 aliphatic carbocycles. The number of hydrogen-bond acceptors (Lipinski definition) is 8. The summed E-state index contributed by atoms with van der Waals surface area (Å²) in [7, 11) is 1.67. The molecule has 1 fully saturated rings. The molecule has 1 aromatic carbocycles. The molecular weight excluding hydrogens is 398 g/mol. The van der Waals surface area contributed by atoms with Crippen LogP contribution in [0.3, 0.4) is 0 Å². The number of thiophene rings is 1. The van der Waals surface area contributed by atoms with Crippen molar-refractivity contribution in [1.82, 2.24) is 20.1 Å². The zero-order valence-corrected chi connectivity index (χ0v) is 17.9. The molecule has 1 saturated heterocycles. The number of fused-ring (bicyclic) bond motifs is 1. The molecule has 30 heavy (non-hydrogen) atoms. The zero-order chi connectivity index (χ0) is 20.5. The molecular formula is C22H23N5O2S. The summed E-state index contributed by atoms with van der Waals surface area (Å²) in [4.78, 5) is 17.5. The summed E-state index contributed by atoms with van der Waals surface area (Å²) in [5, 5.41) is 7.26. The summed E-state index contributed by atoms with van der Waals surface area (Å²) in [5.74, 6) is 3.27. The molecule has 0 N–H and O–H groups in total.